The standard InChI is InChI=1S/C22H25N5O3/c23-22(12-30-13-22)21(29)27-9-7-26(8-10-27)20(28)16-3-1-15(2-4-16)17-5-6-18-19(11-17)25-14-24-18/h1-6,11,24-25H,7-10,12-14,23H2. The van der Waals surface area contributed by atoms with E-state index in [1.54, 1.807) is 9.80 Å². The number of fused-ring (bicyclic) bond motifs is 1. The molecule has 156 valence electrons. The number of nitrogens with zero attached hydrogens (tertiary/aromatic N) is 2. The molecule has 0 saturated carbocycles. The van der Waals surface area contributed by atoms with E-state index >= 15 is 0 Å². The van der Waals surface area contributed by atoms with E-state index in [2.05, 4.69) is 28.8 Å². The molecule has 2 aromatic rings. The summed E-state index contributed by atoms with van der Waals surface area (Å²) in [6.07, 6.45) is 0. The van der Waals surface area contributed by atoms with Crippen molar-refractivity contribution in [3.63, 3.8) is 0 Å². The molecule has 3 heterocycles. The SMILES string of the molecule is NC1(C(=O)N2CCN(C(=O)c3ccc(-c4ccc5c(c4)NCN5)cc3)CC2)COC1. The van der Waals surface area contributed by atoms with Crippen LogP contribution in [0.15, 0.2) is 42.5 Å². The largest absolute Gasteiger partial charge is 0.376 e. The molecular weight excluding hydrogens is 382 g/mol. The van der Waals surface area contributed by atoms with Crippen LogP contribution in [0.3, 0.4) is 0 Å². The Kier molecular flexibility index (Phi) is 4.60. The number of nitrogens with one attached hydrogen (secondary N) is 2. The van der Waals surface area contributed by atoms with Crippen LogP contribution < -0.4 is 16.4 Å². The Bertz CT molecular complexity index is 979. The number of nitrogens with two attached hydrogens (primary N) is 1. The quantitative estimate of drug-likeness (QED) is 0.706. The highest BCUT2D eigenvalue weighted by molar-refractivity contribution is 5.95. The van der Waals surface area contributed by atoms with Crippen LogP contribution in [0, 0.1) is 0 Å². The van der Waals surface area contributed by atoms with E-state index < -0.39 is 5.54 Å². The van der Waals surface area contributed by atoms with E-state index in [4.69, 9.17) is 10.5 Å². The van der Waals surface area contributed by atoms with Gasteiger partial charge in [0.05, 0.1) is 31.3 Å². The molecule has 5 rings (SSSR count). The molecule has 8 heteroatoms. The predicted octanol–water partition coefficient (Wildman–Crippen LogP) is 1.16. The Morgan fingerprint density at radius 2 is 1.50 bits per heavy atom. The highest BCUT2D eigenvalue weighted by Crippen LogP contribution is 2.31. The molecule has 0 aromatic heterocycles. The van der Waals surface area contributed by atoms with Crippen LogP contribution in [0.2, 0.25) is 0 Å². The van der Waals surface area contributed by atoms with Crippen LogP contribution in [0.5, 0.6) is 0 Å². The maximum absolute atomic E-state index is 12.9. The fourth-order valence-electron chi connectivity index (χ4n) is 4.12. The Morgan fingerprint density at radius 1 is 0.867 bits per heavy atom. The second kappa shape index (κ2) is 7.30. The van der Waals surface area contributed by atoms with Crippen LogP contribution in [-0.4, -0.2) is 73.2 Å². The molecule has 2 aromatic carbocycles. The van der Waals surface area contributed by atoms with Crippen molar-refractivity contribution >= 4 is 23.2 Å². The number of hydrogen-bond acceptors (Lipinski definition) is 6. The smallest absolute Gasteiger partial charge is 0.253 e. The van der Waals surface area contributed by atoms with Crippen molar-refractivity contribution in [3.05, 3.63) is 48.0 Å². The number of benzene rings is 2. The average Bonchev–Trinajstić information content (AvgIpc) is 3.24. The van der Waals surface area contributed by atoms with Gasteiger partial charge in [-0.2, -0.15) is 0 Å². The summed E-state index contributed by atoms with van der Waals surface area (Å²) in [5, 5.41) is 6.56. The fraction of sp³-hybridized carbons (Fsp3) is 0.364. The van der Waals surface area contributed by atoms with Gasteiger partial charge in [-0.25, -0.2) is 0 Å². The number of rotatable bonds is 3. The first-order valence-corrected chi connectivity index (χ1v) is 10.2. The summed E-state index contributed by atoms with van der Waals surface area (Å²) in [7, 11) is 0. The zero-order valence-corrected chi connectivity index (χ0v) is 16.7. The van der Waals surface area contributed by atoms with Crippen LogP contribution in [0.1, 0.15) is 10.4 Å². The normalized spacial score (nSPS) is 19.4. The summed E-state index contributed by atoms with van der Waals surface area (Å²) in [5.74, 6) is -0.0906. The molecule has 3 aliphatic heterocycles. The minimum Gasteiger partial charge on any atom is -0.376 e. The van der Waals surface area contributed by atoms with Gasteiger partial charge in [0, 0.05) is 31.7 Å². The lowest BCUT2D eigenvalue weighted by Gasteiger charge is -2.43. The Hall–Kier alpha value is -3.10. The summed E-state index contributed by atoms with van der Waals surface area (Å²) in [6, 6.07) is 13.9. The van der Waals surface area contributed by atoms with Crippen molar-refractivity contribution < 1.29 is 14.3 Å². The molecule has 2 saturated heterocycles. The van der Waals surface area contributed by atoms with Gasteiger partial charge in [-0.05, 0) is 35.4 Å². The zero-order chi connectivity index (χ0) is 20.7. The number of piperazine rings is 1. The molecule has 0 spiro atoms. The summed E-state index contributed by atoms with van der Waals surface area (Å²) in [4.78, 5) is 28.9. The zero-order valence-electron chi connectivity index (χ0n) is 16.7. The van der Waals surface area contributed by atoms with E-state index in [0.29, 0.717) is 31.7 Å². The number of carbonyl (C=O) groups excluding carboxylic acids is 2. The molecule has 0 atom stereocenters. The topological polar surface area (TPSA) is 99.9 Å². The van der Waals surface area contributed by atoms with Crippen molar-refractivity contribution in [2.75, 3.05) is 56.7 Å². The minimum atomic E-state index is -0.884. The number of anilines is 2. The van der Waals surface area contributed by atoms with E-state index in [1.807, 2.05) is 24.3 Å². The number of carbonyl (C=O) groups is 2. The Morgan fingerprint density at radius 3 is 2.17 bits per heavy atom. The molecule has 0 bridgehead atoms. The Balaban J connectivity index is 1.22. The van der Waals surface area contributed by atoms with Gasteiger partial charge in [-0.3, -0.25) is 9.59 Å². The van der Waals surface area contributed by atoms with Gasteiger partial charge >= 0.3 is 0 Å². The van der Waals surface area contributed by atoms with E-state index in [9.17, 15) is 9.59 Å². The summed E-state index contributed by atoms with van der Waals surface area (Å²) < 4.78 is 5.09. The summed E-state index contributed by atoms with van der Waals surface area (Å²) in [6.45, 7) is 3.29. The highest BCUT2D eigenvalue weighted by atomic mass is 16.5. The van der Waals surface area contributed by atoms with Crippen LogP contribution in [0.4, 0.5) is 11.4 Å². The average molecular weight is 407 g/mol. The maximum atomic E-state index is 12.9. The minimum absolute atomic E-state index is 0.0112. The van der Waals surface area contributed by atoms with Crippen molar-refractivity contribution in [1.82, 2.24) is 9.80 Å². The number of hydrogen-bond donors (Lipinski definition) is 3. The van der Waals surface area contributed by atoms with Crippen LogP contribution in [0.25, 0.3) is 11.1 Å². The molecule has 8 nitrogen and oxygen atoms in total. The molecule has 0 radical (unpaired) electrons. The van der Waals surface area contributed by atoms with Crippen molar-refractivity contribution in [2.45, 2.75) is 5.54 Å². The van der Waals surface area contributed by atoms with Gasteiger partial charge in [0.15, 0.2) is 0 Å². The van der Waals surface area contributed by atoms with Crippen molar-refractivity contribution in [1.29, 1.82) is 0 Å². The Labute approximate surface area is 175 Å². The van der Waals surface area contributed by atoms with E-state index in [1.165, 1.54) is 0 Å². The van der Waals surface area contributed by atoms with Gasteiger partial charge in [-0.15, -0.1) is 0 Å². The second-order valence-corrected chi connectivity index (χ2v) is 8.10. The van der Waals surface area contributed by atoms with Gasteiger partial charge in [0.25, 0.3) is 5.91 Å². The van der Waals surface area contributed by atoms with Gasteiger partial charge in [0.1, 0.15) is 5.54 Å². The molecule has 2 amide bonds. The van der Waals surface area contributed by atoms with E-state index in [0.717, 1.165) is 29.2 Å². The predicted molar refractivity (Wildman–Crippen MR) is 114 cm³/mol. The van der Waals surface area contributed by atoms with Gasteiger partial charge < -0.3 is 30.9 Å². The third-order valence-electron chi connectivity index (χ3n) is 6.04. The fourth-order valence-corrected chi connectivity index (χ4v) is 4.12. The molecular formula is C22H25N5O3. The second-order valence-electron chi connectivity index (χ2n) is 8.10. The first-order valence-electron chi connectivity index (χ1n) is 10.2. The van der Waals surface area contributed by atoms with Crippen LogP contribution >= 0.6 is 0 Å². The number of amides is 2. The molecule has 4 N–H and O–H groups in total. The lowest BCUT2D eigenvalue weighted by molar-refractivity contribution is -0.155. The van der Waals surface area contributed by atoms with Crippen LogP contribution in [-0.2, 0) is 9.53 Å². The molecule has 3 aliphatic rings. The third kappa shape index (κ3) is 3.28. The maximum Gasteiger partial charge on any atom is 0.253 e. The van der Waals surface area contributed by atoms with Gasteiger partial charge in [0.2, 0.25) is 5.91 Å². The lowest BCUT2D eigenvalue weighted by Crippen LogP contribution is -2.68. The molecule has 2 fully saturated rings. The third-order valence-corrected chi connectivity index (χ3v) is 6.04. The van der Waals surface area contributed by atoms with Gasteiger partial charge in [-0.1, -0.05) is 18.2 Å². The van der Waals surface area contributed by atoms with Crippen molar-refractivity contribution in [3.8, 4) is 11.1 Å². The molecule has 30 heavy (non-hydrogen) atoms. The lowest BCUT2D eigenvalue weighted by atomic mass is 9.96. The first kappa shape index (κ1) is 18.9. The molecule has 0 aliphatic carbocycles. The summed E-state index contributed by atoms with van der Waals surface area (Å²) in [5.41, 5.74) is 10.2. The monoisotopic (exact) mass is 407 g/mol. The summed E-state index contributed by atoms with van der Waals surface area (Å²) >= 11 is 0. The van der Waals surface area contributed by atoms with E-state index in [-0.39, 0.29) is 25.0 Å². The first-order chi connectivity index (χ1) is 14.5. The highest BCUT2D eigenvalue weighted by Gasteiger charge is 2.45. The molecule has 0 unspecified atom stereocenters. The number of ether oxygens (including phenoxy) is 1. The van der Waals surface area contributed by atoms with Crippen molar-refractivity contribution in [2.24, 2.45) is 5.73 Å².